The van der Waals surface area contributed by atoms with Gasteiger partial charge in [0.15, 0.2) is 0 Å². The molecule has 0 spiro atoms. The maximum Gasteiger partial charge on any atom is 0.128 e. The zero-order valence-corrected chi connectivity index (χ0v) is 12.4. The fourth-order valence-corrected chi connectivity index (χ4v) is 3.01. The number of fused-ring (bicyclic) bond motifs is 3. The molecular weight excluding hydrogens is 272 g/mol. The molecule has 108 valence electrons. The lowest BCUT2D eigenvalue weighted by Crippen LogP contribution is -2.06. The quantitative estimate of drug-likeness (QED) is 0.666. The molecule has 22 heavy (non-hydrogen) atoms. The Kier molecular flexibility index (Phi) is 3.08. The van der Waals surface area contributed by atoms with Crippen molar-refractivity contribution in [3.8, 4) is 33.8 Å². The van der Waals surface area contributed by atoms with Crippen molar-refractivity contribution in [3.63, 3.8) is 0 Å². The molecule has 1 heterocycles. The number of hydrogen-bond donors (Lipinski definition) is 0. The van der Waals surface area contributed by atoms with Gasteiger partial charge in [-0.3, -0.25) is 0 Å². The third-order valence-electron chi connectivity index (χ3n) is 4.08. The van der Waals surface area contributed by atoms with Crippen molar-refractivity contribution in [1.29, 1.82) is 0 Å². The van der Waals surface area contributed by atoms with Crippen LogP contribution in [0.2, 0.25) is 0 Å². The van der Waals surface area contributed by atoms with E-state index >= 15 is 0 Å². The Balaban J connectivity index is 1.96. The average Bonchev–Trinajstić information content (AvgIpc) is 2.61. The highest BCUT2D eigenvalue weighted by Gasteiger charge is 2.20. The minimum Gasteiger partial charge on any atom is -0.497 e. The van der Waals surface area contributed by atoms with Gasteiger partial charge in [-0.05, 0) is 40.5 Å². The summed E-state index contributed by atoms with van der Waals surface area (Å²) in [4.78, 5) is 0. The van der Waals surface area contributed by atoms with Crippen molar-refractivity contribution in [2.75, 3.05) is 7.11 Å². The fraction of sp³-hybridized carbons (Fsp3) is 0.100. The molecule has 1 aliphatic heterocycles. The molecule has 3 aromatic carbocycles. The van der Waals surface area contributed by atoms with Gasteiger partial charge in [-0.1, -0.05) is 48.5 Å². The highest BCUT2D eigenvalue weighted by atomic mass is 16.5. The second-order valence-electron chi connectivity index (χ2n) is 5.36. The number of hydrogen-bond acceptors (Lipinski definition) is 2. The van der Waals surface area contributed by atoms with Crippen LogP contribution in [-0.4, -0.2) is 7.11 Å². The molecule has 0 fully saturated rings. The van der Waals surface area contributed by atoms with Crippen LogP contribution in [-0.2, 0) is 6.61 Å². The van der Waals surface area contributed by atoms with Crippen LogP contribution < -0.4 is 9.47 Å². The van der Waals surface area contributed by atoms with Crippen LogP contribution in [0.25, 0.3) is 22.3 Å². The van der Waals surface area contributed by atoms with E-state index in [0.717, 1.165) is 22.6 Å². The van der Waals surface area contributed by atoms with Crippen LogP contribution in [0.1, 0.15) is 5.56 Å². The summed E-state index contributed by atoms with van der Waals surface area (Å²) in [6.07, 6.45) is 0. The van der Waals surface area contributed by atoms with Gasteiger partial charge in [0.25, 0.3) is 0 Å². The summed E-state index contributed by atoms with van der Waals surface area (Å²) < 4.78 is 11.3. The summed E-state index contributed by atoms with van der Waals surface area (Å²) >= 11 is 0. The highest BCUT2D eigenvalue weighted by Crippen LogP contribution is 2.44. The normalized spacial score (nSPS) is 12.0. The van der Waals surface area contributed by atoms with E-state index in [1.54, 1.807) is 7.11 Å². The second-order valence-corrected chi connectivity index (χ2v) is 5.36. The third kappa shape index (κ3) is 2.04. The maximum atomic E-state index is 5.94. The van der Waals surface area contributed by atoms with Gasteiger partial charge in [-0.25, -0.2) is 0 Å². The molecule has 0 N–H and O–H groups in total. The third-order valence-corrected chi connectivity index (χ3v) is 4.08. The van der Waals surface area contributed by atoms with Gasteiger partial charge in [0.2, 0.25) is 0 Å². The van der Waals surface area contributed by atoms with Gasteiger partial charge in [0.1, 0.15) is 18.1 Å². The number of rotatable bonds is 2. The lowest BCUT2D eigenvalue weighted by molar-refractivity contribution is 0.302. The van der Waals surface area contributed by atoms with Gasteiger partial charge >= 0.3 is 0 Å². The van der Waals surface area contributed by atoms with E-state index in [2.05, 4.69) is 42.5 Å². The molecule has 1 aliphatic rings. The van der Waals surface area contributed by atoms with Crippen molar-refractivity contribution in [2.24, 2.45) is 0 Å². The molecule has 0 radical (unpaired) electrons. The molecule has 3 aromatic rings. The smallest absolute Gasteiger partial charge is 0.128 e. The minimum atomic E-state index is 0.630. The fourth-order valence-electron chi connectivity index (χ4n) is 3.01. The minimum absolute atomic E-state index is 0.630. The number of benzene rings is 3. The molecule has 0 amide bonds. The zero-order chi connectivity index (χ0) is 14.9. The molecule has 2 heteroatoms. The van der Waals surface area contributed by atoms with Crippen LogP contribution in [0.15, 0.2) is 66.7 Å². The Hall–Kier alpha value is -2.74. The molecule has 2 nitrogen and oxygen atoms in total. The molecule has 0 aromatic heterocycles. The van der Waals surface area contributed by atoms with Gasteiger partial charge < -0.3 is 9.47 Å². The van der Waals surface area contributed by atoms with Gasteiger partial charge in [-0.15, -0.1) is 0 Å². The molecular formula is C20H16O2. The Labute approximate surface area is 129 Å². The maximum absolute atomic E-state index is 5.94. The summed E-state index contributed by atoms with van der Waals surface area (Å²) in [5.41, 5.74) is 5.95. The predicted molar refractivity (Wildman–Crippen MR) is 88.2 cm³/mol. The van der Waals surface area contributed by atoms with Crippen LogP contribution in [0.5, 0.6) is 11.5 Å². The highest BCUT2D eigenvalue weighted by molar-refractivity contribution is 5.90. The van der Waals surface area contributed by atoms with Crippen molar-refractivity contribution in [3.05, 3.63) is 72.3 Å². The first-order valence-electron chi connectivity index (χ1n) is 7.35. The summed E-state index contributed by atoms with van der Waals surface area (Å²) in [5, 5.41) is 0. The van der Waals surface area contributed by atoms with Gasteiger partial charge in [0, 0.05) is 5.56 Å². The lowest BCUT2D eigenvalue weighted by atomic mass is 9.90. The standard InChI is InChI=1S/C20H16O2/c1-21-16-8-4-7-14(12-16)17-10-5-11-19-20(17)18-9-3-2-6-15(18)13-22-19/h2-12H,13H2,1H3. The Morgan fingerprint density at radius 1 is 0.864 bits per heavy atom. The lowest BCUT2D eigenvalue weighted by Gasteiger charge is -2.23. The van der Waals surface area contributed by atoms with Crippen LogP contribution in [0.3, 0.4) is 0 Å². The largest absolute Gasteiger partial charge is 0.497 e. The molecule has 0 bridgehead atoms. The monoisotopic (exact) mass is 288 g/mol. The topological polar surface area (TPSA) is 18.5 Å². The number of methoxy groups -OCH3 is 1. The van der Waals surface area contributed by atoms with E-state index in [0.29, 0.717) is 6.61 Å². The zero-order valence-electron chi connectivity index (χ0n) is 12.4. The summed E-state index contributed by atoms with van der Waals surface area (Å²) in [6.45, 7) is 0.630. The van der Waals surface area contributed by atoms with Crippen molar-refractivity contribution < 1.29 is 9.47 Å². The van der Waals surface area contributed by atoms with E-state index in [9.17, 15) is 0 Å². The summed E-state index contributed by atoms with van der Waals surface area (Å²) in [6, 6.07) is 22.8. The van der Waals surface area contributed by atoms with E-state index < -0.39 is 0 Å². The SMILES string of the molecule is COc1cccc(-c2cccc3c2-c2ccccc2CO3)c1. The van der Waals surface area contributed by atoms with Crippen molar-refractivity contribution in [1.82, 2.24) is 0 Å². The van der Waals surface area contributed by atoms with Crippen LogP contribution in [0, 0.1) is 0 Å². The Morgan fingerprint density at radius 2 is 1.68 bits per heavy atom. The van der Waals surface area contributed by atoms with E-state index in [4.69, 9.17) is 9.47 Å². The van der Waals surface area contributed by atoms with Crippen molar-refractivity contribution >= 4 is 0 Å². The molecule has 0 atom stereocenters. The van der Waals surface area contributed by atoms with Crippen LogP contribution >= 0.6 is 0 Å². The Bertz CT molecular complexity index is 837. The first-order valence-corrected chi connectivity index (χ1v) is 7.35. The first kappa shape index (κ1) is 13.0. The van der Waals surface area contributed by atoms with Gasteiger partial charge in [0.05, 0.1) is 7.11 Å². The summed E-state index contributed by atoms with van der Waals surface area (Å²) in [5.74, 6) is 1.80. The molecule has 4 rings (SSSR count). The van der Waals surface area contributed by atoms with E-state index in [1.165, 1.54) is 16.7 Å². The molecule has 0 unspecified atom stereocenters. The van der Waals surface area contributed by atoms with E-state index in [1.807, 2.05) is 24.3 Å². The average molecular weight is 288 g/mol. The van der Waals surface area contributed by atoms with Gasteiger partial charge in [-0.2, -0.15) is 0 Å². The van der Waals surface area contributed by atoms with Crippen LogP contribution in [0.4, 0.5) is 0 Å². The molecule has 0 saturated heterocycles. The predicted octanol–water partition coefficient (Wildman–Crippen LogP) is 4.92. The molecule has 0 aliphatic carbocycles. The van der Waals surface area contributed by atoms with Crippen molar-refractivity contribution in [2.45, 2.75) is 6.61 Å². The first-order chi connectivity index (χ1) is 10.9. The number of ether oxygens (including phenoxy) is 2. The van der Waals surface area contributed by atoms with E-state index in [-0.39, 0.29) is 0 Å². The Morgan fingerprint density at radius 3 is 2.59 bits per heavy atom. The second kappa shape index (κ2) is 5.23. The summed E-state index contributed by atoms with van der Waals surface area (Å²) in [7, 11) is 1.69. The molecule has 0 saturated carbocycles.